The monoisotopic (exact) mass is 558 g/mol. The highest BCUT2D eigenvalue weighted by atomic mass is 19.4. The number of alkyl halides is 12. The predicted octanol–water partition coefficient (Wildman–Crippen LogP) is 5.53. The van der Waals surface area contributed by atoms with Crippen LogP contribution in [-0.4, -0.2) is 39.9 Å². The van der Waals surface area contributed by atoms with E-state index in [9.17, 15) is 52.7 Å². The van der Waals surface area contributed by atoms with Crippen LogP contribution in [0.5, 0.6) is 0 Å². The molecule has 0 aliphatic heterocycles. The molecule has 20 heteroatoms. The van der Waals surface area contributed by atoms with Gasteiger partial charge in [0.05, 0.1) is 22.1 Å². The van der Waals surface area contributed by atoms with Gasteiger partial charge in [0.15, 0.2) is 45.4 Å². The molecule has 0 aliphatic carbocycles. The molecular formula is C18H2F12N8. The summed E-state index contributed by atoms with van der Waals surface area (Å²) in [4.78, 5) is 26.3. The van der Waals surface area contributed by atoms with Crippen LogP contribution in [0.25, 0.3) is 44.7 Å². The maximum absolute atomic E-state index is 13.2. The van der Waals surface area contributed by atoms with Gasteiger partial charge >= 0.3 is 24.7 Å². The minimum Gasteiger partial charge on any atom is -0.223 e. The topological polar surface area (TPSA) is 103 Å². The number of nitrogens with zero attached hydrogens (tertiary/aromatic N) is 8. The highest BCUT2D eigenvalue weighted by Gasteiger charge is 2.48. The van der Waals surface area contributed by atoms with E-state index in [4.69, 9.17) is 0 Å². The predicted molar refractivity (Wildman–Crippen MR) is 98.8 cm³/mol. The molecule has 1 aromatic carbocycles. The molecule has 0 spiro atoms. The molecule has 0 saturated carbocycles. The van der Waals surface area contributed by atoms with Crippen molar-refractivity contribution in [2.45, 2.75) is 24.7 Å². The number of hydrogen-bond acceptors (Lipinski definition) is 8. The summed E-state index contributed by atoms with van der Waals surface area (Å²) in [6.45, 7) is 0. The zero-order chi connectivity index (χ0) is 28.0. The van der Waals surface area contributed by atoms with E-state index in [0.29, 0.717) is 0 Å². The van der Waals surface area contributed by atoms with Crippen molar-refractivity contribution in [2.24, 2.45) is 0 Å². The largest absolute Gasteiger partial charge is 0.435 e. The van der Waals surface area contributed by atoms with Crippen LogP contribution in [0.1, 0.15) is 22.8 Å². The van der Waals surface area contributed by atoms with Gasteiger partial charge in [-0.3, -0.25) is 0 Å². The molecule has 4 aromatic heterocycles. The first-order valence-electron chi connectivity index (χ1n) is 9.50. The number of halogens is 12. The summed E-state index contributed by atoms with van der Waals surface area (Å²) in [5.74, 6) is 0. The average molecular weight is 558 g/mol. The van der Waals surface area contributed by atoms with Crippen molar-refractivity contribution in [1.29, 1.82) is 0 Å². The molecule has 0 radical (unpaired) electrons. The summed E-state index contributed by atoms with van der Waals surface area (Å²) in [6.07, 6.45) is -22.3. The van der Waals surface area contributed by atoms with Gasteiger partial charge in [-0.05, 0) is 12.1 Å². The second-order valence-corrected chi connectivity index (χ2v) is 7.40. The van der Waals surface area contributed by atoms with Gasteiger partial charge in [0.2, 0.25) is 0 Å². The van der Waals surface area contributed by atoms with Crippen molar-refractivity contribution in [2.75, 3.05) is 0 Å². The van der Waals surface area contributed by atoms with Gasteiger partial charge < -0.3 is 0 Å². The summed E-state index contributed by atoms with van der Waals surface area (Å²) in [7, 11) is 0. The number of rotatable bonds is 0. The van der Waals surface area contributed by atoms with Gasteiger partial charge in [0.1, 0.15) is 0 Å². The van der Waals surface area contributed by atoms with E-state index in [1.807, 2.05) is 0 Å². The van der Waals surface area contributed by atoms with Crippen LogP contribution in [0.4, 0.5) is 52.7 Å². The van der Waals surface area contributed by atoms with E-state index < -0.39 is 70.1 Å². The number of fused-ring (bicyclic) bond motifs is 4. The fourth-order valence-electron chi connectivity index (χ4n) is 3.30. The molecule has 0 atom stereocenters. The molecule has 4 heterocycles. The second kappa shape index (κ2) is 7.63. The van der Waals surface area contributed by atoms with Gasteiger partial charge in [0, 0.05) is 0 Å². The number of benzene rings is 1. The fourth-order valence-corrected chi connectivity index (χ4v) is 3.30. The third-order valence-electron chi connectivity index (χ3n) is 4.77. The van der Waals surface area contributed by atoms with E-state index in [2.05, 4.69) is 39.9 Å². The van der Waals surface area contributed by atoms with E-state index in [0.717, 1.165) is 12.1 Å². The number of aromatic nitrogens is 8. The Balaban J connectivity index is 1.79. The minimum absolute atomic E-state index is 0.350. The third kappa shape index (κ3) is 4.28. The van der Waals surface area contributed by atoms with Crippen LogP contribution >= 0.6 is 0 Å². The van der Waals surface area contributed by atoms with Gasteiger partial charge in [-0.15, -0.1) is 0 Å². The molecule has 5 rings (SSSR count). The Bertz CT molecular complexity index is 1520. The summed E-state index contributed by atoms with van der Waals surface area (Å²) < 4.78 is 158. The summed E-state index contributed by atoms with van der Waals surface area (Å²) in [5, 5.41) is 0. The summed E-state index contributed by atoms with van der Waals surface area (Å²) >= 11 is 0. The van der Waals surface area contributed by atoms with Crippen molar-refractivity contribution in [3.05, 3.63) is 34.9 Å². The van der Waals surface area contributed by atoms with Gasteiger partial charge in [-0.1, -0.05) is 0 Å². The molecule has 0 N–H and O–H groups in total. The summed E-state index contributed by atoms with van der Waals surface area (Å²) in [6, 6.07) is 1.81. The van der Waals surface area contributed by atoms with E-state index in [-0.39, 0.29) is 22.1 Å². The number of hydrogen-bond donors (Lipinski definition) is 0. The Hall–Kier alpha value is -4.26. The molecule has 0 fully saturated rings. The first-order valence-corrected chi connectivity index (χ1v) is 9.50. The standard InChI is InChI=1S/C18H2F12N8/c19-15(20,21)7-9(17(25,26)27)37-13-11(35-7)31-3-1-4-6(2-5(3)33-13)34-14-12(32-4)36-8(16(22,23)24)10(38-14)18(28,29)30/h1-2H. The molecule has 0 aliphatic rings. The Kier molecular flexibility index (Phi) is 5.10. The van der Waals surface area contributed by atoms with Crippen LogP contribution in [0.15, 0.2) is 12.1 Å². The van der Waals surface area contributed by atoms with Crippen LogP contribution in [-0.2, 0) is 24.7 Å². The highest BCUT2D eigenvalue weighted by Crippen LogP contribution is 2.40. The lowest BCUT2D eigenvalue weighted by Crippen LogP contribution is -2.21. The Morgan fingerprint density at radius 2 is 0.500 bits per heavy atom. The lowest BCUT2D eigenvalue weighted by Gasteiger charge is -2.14. The fraction of sp³-hybridized carbons (Fsp3) is 0.222. The lowest BCUT2D eigenvalue weighted by molar-refractivity contribution is -0.167. The van der Waals surface area contributed by atoms with Gasteiger partial charge in [-0.2, -0.15) is 52.7 Å². The first kappa shape index (κ1) is 25.4. The SMILES string of the molecule is FC(F)(F)c1nc2nc3cc4nc5nc(C(F)(F)F)c(C(F)(F)F)nc5nc4cc3nc2nc1C(F)(F)F. The summed E-state index contributed by atoms with van der Waals surface area (Å²) in [5.41, 5.74) is -14.8. The minimum atomic E-state index is -5.57. The van der Waals surface area contributed by atoms with Crippen molar-refractivity contribution in [3.8, 4) is 0 Å². The second-order valence-electron chi connectivity index (χ2n) is 7.40. The Morgan fingerprint density at radius 1 is 0.316 bits per heavy atom. The van der Waals surface area contributed by atoms with Crippen LogP contribution in [0, 0.1) is 0 Å². The van der Waals surface area contributed by atoms with Crippen molar-refractivity contribution in [1.82, 2.24) is 39.9 Å². The normalized spacial score (nSPS) is 13.8. The molecule has 8 nitrogen and oxygen atoms in total. The molecule has 0 saturated heterocycles. The quantitative estimate of drug-likeness (QED) is 0.181. The first-order chi connectivity index (χ1) is 17.3. The van der Waals surface area contributed by atoms with Crippen LogP contribution < -0.4 is 0 Å². The van der Waals surface area contributed by atoms with Gasteiger partial charge in [0.25, 0.3) is 0 Å². The van der Waals surface area contributed by atoms with Crippen molar-refractivity contribution >= 4 is 44.7 Å². The molecule has 0 amide bonds. The Labute approximate surface area is 197 Å². The molecule has 0 bridgehead atoms. The zero-order valence-corrected chi connectivity index (χ0v) is 17.3. The zero-order valence-electron chi connectivity index (χ0n) is 17.3. The molecule has 5 aromatic rings. The molecule has 38 heavy (non-hydrogen) atoms. The molecule has 0 unspecified atom stereocenters. The van der Waals surface area contributed by atoms with Crippen molar-refractivity contribution < 1.29 is 52.7 Å². The van der Waals surface area contributed by atoms with Crippen molar-refractivity contribution in [3.63, 3.8) is 0 Å². The average Bonchev–Trinajstić information content (AvgIpc) is 2.76. The molecule has 198 valence electrons. The van der Waals surface area contributed by atoms with E-state index in [1.54, 1.807) is 0 Å². The third-order valence-corrected chi connectivity index (χ3v) is 4.77. The molecular weight excluding hydrogens is 556 g/mol. The van der Waals surface area contributed by atoms with Crippen LogP contribution in [0.2, 0.25) is 0 Å². The highest BCUT2D eigenvalue weighted by molar-refractivity contribution is 5.95. The Morgan fingerprint density at radius 3 is 0.658 bits per heavy atom. The smallest absolute Gasteiger partial charge is 0.223 e. The maximum atomic E-state index is 13.2. The maximum Gasteiger partial charge on any atom is 0.435 e. The van der Waals surface area contributed by atoms with Gasteiger partial charge in [-0.25, -0.2) is 39.9 Å². The lowest BCUT2D eigenvalue weighted by atomic mass is 10.2. The van der Waals surface area contributed by atoms with Crippen LogP contribution in [0.3, 0.4) is 0 Å². The van der Waals surface area contributed by atoms with E-state index in [1.165, 1.54) is 0 Å². The van der Waals surface area contributed by atoms with E-state index >= 15 is 0 Å².